The van der Waals surface area contributed by atoms with Crippen LogP contribution < -0.4 is 0 Å². The summed E-state index contributed by atoms with van der Waals surface area (Å²) in [6.07, 6.45) is 0. The van der Waals surface area contributed by atoms with Crippen molar-refractivity contribution in [3.63, 3.8) is 0 Å². The molecule has 0 bridgehead atoms. The van der Waals surface area contributed by atoms with Gasteiger partial charge in [0.15, 0.2) is 0 Å². The van der Waals surface area contributed by atoms with Crippen molar-refractivity contribution >= 4 is 21.1 Å². The van der Waals surface area contributed by atoms with E-state index in [0.29, 0.717) is 12.5 Å². The van der Waals surface area contributed by atoms with E-state index in [1.165, 1.54) is 9.87 Å². The Hall–Kier alpha value is -2.96. The van der Waals surface area contributed by atoms with Crippen LogP contribution >= 0.6 is 0 Å². The Labute approximate surface area is 184 Å². The van der Waals surface area contributed by atoms with Crippen molar-refractivity contribution in [3.8, 4) is 0 Å². The van der Waals surface area contributed by atoms with E-state index in [1.54, 1.807) is 31.3 Å². The van der Waals surface area contributed by atoms with E-state index < -0.39 is 10.0 Å². The van der Waals surface area contributed by atoms with Crippen LogP contribution in [0.25, 0.3) is 11.0 Å². The zero-order valence-electron chi connectivity index (χ0n) is 18.1. The van der Waals surface area contributed by atoms with Crippen molar-refractivity contribution in [2.24, 2.45) is 0 Å². The number of aromatic nitrogens is 2. The van der Waals surface area contributed by atoms with E-state index in [9.17, 15) is 8.42 Å². The van der Waals surface area contributed by atoms with Crippen LogP contribution in [0.1, 0.15) is 36.7 Å². The Morgan fingerprint density at radius 2 is 1.55 bits per heavy atom. The van der Waals surface area contributed by atoms with Gasteiger partial charge in [-0.2, -0.15) is 4.31 Å². The van der Waals surface area contributed by atoms with Crippen LogP contribution in [-0.4, -0.2) is 29.3 Å². The highest BCUT2D eigenvalue weighted by atomic mass is 32.2. The molecular weight excluding hydrogens is 406 g/mol. The molecule has 0 saturated carbocycles. The second-order valence-electron chi connectivity index (χ2n) is 8.07. The molecule has 0 unspecified atom stereocenters. The summed E-state index contributed by atoms with van der Waals surface area (Å²) in [5, 5.41) is 0. The lowest BCUT2D eigenvalue weighted by Gasteiger charge is -2.18. The minimum Gasteiger partial charge on any atom is -0.322 e. The minimum atomic E-state index is -3.60. The lowest BCUT2D eigenvalue weighted by molar-refractivity contribution is 0.450. The molecule has 3 aromatic carbocycles. The molecule has 0 atom stereocenters. The molecule has 31 heavy (non-hydrogen) atoms. The second-order valence-corrected chi connectivity index (χ2v) is 10.1. The monoisotopic (exact) mass is 433 g/mol. The zero-order chi connectivity index (χ0) is 22.0. The summed E-state index contributed by atoms with van der Waals surface area (Å²) < 4.78 is 29.5. The first-order valence-corrected chi connectivity index (χ1v) is 11.8. The Morgan fingerprint density at radius 3 is 2.23 bits per heavy atom. The smallest absolute Gasteiger partial charge is 0.243 e. The fourth-order valence-corrected chi connectivity index (χ4v) is 4.82. The number of nitrogens with zero attached hydrogens (tertiary/aromatic N) is 3. The van der Waals surface area contributed by atoms with Crippen molar-refractivity contribution < 1.29 is 8.42 Å². The number of fused-ring (bicyclic) bond motifs is 1. The van der Waals surface area contributed by atoms with Crippen molar-refractivity contribution in [1.29, 1.82) is 0 Å². The maximum atomic E-state index is 13.0. The predicted octanol–water partition coefficient (Wildman–Crippen LogP) is 5.03. The highest BCUT2D eigenvalue weighted by Gasteiger charge is 2.23. The van der Waals surface area contributed by atoms with Crippen molar-refractivity contribution in [3.05, 3.63) is 95.8 Å². The van der Waals surface area contributed by atoms with Gasteiger partial charge in [0.1, 0.15) is 5.82 Å². The molecule has 1 heterocycles. The average Bonchev–Trinajstić information content (AvgIpc) is 3.11. The summed E-state index contributed by atoms with van der Waals surface area (Å²) in [5.41, 5.74) is 4.31. The lowest BCUT2D eigenvalue weighted by Crippen LogP contribution is -2.28. The predicted molar refractivity (Wildman–Crippen MR) is 124 cm³/mol. The number of para-hydroxylation sites is 2. The molecule has 4 rings (SSSR count). The van der Waals surface area contributed by atoms with E-state index in [-0.39, 0.29) is 11.4 Å². The number of hydrogen-bond acceptors (Lipinski definition) is 3. The number of rotatable bonds is 7. The number of hydrogen-bond donors (Lipinski definition) is 0. The Kier molecular flexibility index (Phi) is 5.94. The van der Waals surface area contributed by atoms with Crippen molar-refractivity contribution in [2.75, 3.05) is 7.05 Å². The highest BCUT2D eigenvalue weighted by Crippen LogP contribution is 2.22. The molecule has 0 aliphatic rings. The molecule has 6 heteroatoms. The average molecular weight is 434 g/mol. The third kappa shape index (κ3) is 4.40. The van der Waals surface area contributed by atoms with Crippen LogP contribution in [0.5, 0.6) is 0 Å². The molecule has 0 N–H and O–H groups in total. The van der Waals surface area contributed by atoms with Crippen LogP contribution in [-0.2, 0) is 23.1 Å². The fraction of sp³-hybridized carbons (Fsp3) is 0.240. The summed E-state index contributed by atoms with van der Waals surface area (Å²) in [4.78, 5) is 5.04. The first-order chi connectivity index (χ1) is 14.9. The molecule has 4 aromatic rings. The maximum absolute atomic E-state index is 13.0. The van der Waals surface area contributed by atoms with Crippen molar-refractivity contribution in [2.45, 2.75) is 37.8 Å². The summed E-state index contributed by atoms with van der Waals surface area (Å²) in [6.45, 7) is 5.18. The normalized spacial score (nSPS) is 12.2. The summed E-state index contributed by atoms with van der Waals surface area (Å²) >= 11 is 0. The molecule has 0 spiro atoms. The number of imidazole rings is 1. The Morgan fingerprint density at radius 1 is 0.903 bits per heavy atom. The van der Waals surface area contributed by atoms with Gasteiger partial charge in [0.2, 0.25) is 10.0 Å². The summed E-state index contributed by atoms with van der Waals surface area (Å²) in [5.74, 6) is 1.20. The van der Waals surface area contributed by atoms with Gasteiger partial charge >= 0.3 is 0 Å². The third-order valence-corrected chi connectivity index (χ3v) is 7.35. The van der Waals surface area contributed by atoms with E-state index >= 15 is 0 Å². The molecule has 0 aliphatic carbocycles. The van der Waals surface area contributed by atoms with Crippen LogP contribution in [0.2, 0.25) is 0 Å². The van der Waals surface area contributed by atoms with E-state index in [2.05, 4.69) is 42.7 Å². The summed E-state index contributed by atoms with van der Waals surface area (Å²) in [6, 6.07) is 25.0. The van der Waals surface area contributed by atoms with Gasteiger partial charge < -0.3 is 4.57 Å². The number of sulfonamides is 1. The molecule has 0 radical (unpaired) electrons. The van der Waals surface area contributed by atoms with Gasteiger partial charge in [-0.1, -0.05) is 68.4 Å². The molecule has 160 valence electrons. The highest BCUT2D eigenvalue weighted by molar-refractivity contribution is 7.89. The first kappa shape index (κ1) is 21.3. The molecule has 0 aliphatic heterocycles. The van der Waals surface area contributed by atoms with Gasteiger partial charge in [-0.3, -0.25) is 0 Å². The van der Waals surface area contributed by atoms with Crippen LogP contribution in [0.15, 0.2) is 83.8 Å². The van der Waals surface area contributed by atoms with Gasteiger partial charge in [0, 0.05) is 13.6 Å². The minimum absolute atomic E-state index is 0.190. The number of benzene rings is 3. The van der Waals surface area contributed by atoms with Crippen molar-refractivity contribution in [1.82, 2.24) is 13.9 Å². The van der Waals surface area contributed by atoms with Gasteiger partial charge in [0.25, 0.3) is 0 Å². The topological polar surface area (TPSA) is 55.2 Å². The second kappa shape index (κ2) is 8.65. The van der Waals surface area contributed by atoms with Crippen LogP contribution in [0.4, 0.5) is 0 Å². The molecule has 1 aromatic heterocycles. The zero-order valence-corrected chi connectivity index (χ0v) is 18.9. The van der Waals surface area contributed by atoms with Gasteiger partial charge in [-0.15, -0.1) is 0 Å². The van der Waals surface area contributed by atoms with Gasteiger partial charge in [0.05, 0.1) is 22.5 Å². The van der Waals surface area contributed by atoms with Gasteiger partial charge in [-0.05, 0) is 41.3 Å². The van der Waals surface area contributed by atoms with Crippen LogP contribution in [0, 0.1) is 0 Å². The molecule has 0 amide bonds. The molecular formula is C25H27N3O2S. The SMILES string of the molecule is CC(C)c1ccc(Cn2c(CN(C)S(=O)(=O)c3ccccc3)nc3ccccc32)cc1. The largest absolute Gasteiger partial charge is 0.322 e. The molecule has 0 fully saturated rings. The quantitative estimate of drug-likeness (QED) is 0.411. The van der Waals surface area contributed by atoms with E-state index in [0.717, 1.165) is 22.4 Å². The molecule has 0 saturated heterocycles. The Bertz CT molecular complexity index is 1280. The Balaban J connectivity index is 1.68. The maximum Gasteiger partial charge on any atom is 0.243 e. The standard InChI is InChI=1S/C25H27N3O2S/c1-19(2)21-15-13-20(14-16-21)17-28-24-12-8-7-11-23(24)26-25(28)18-27(3)31(29,30)22-9-5-4-6-10-22/h4-16,19H,17-18H2,1-3H3. The summed E-state index contributed by atoms with van der Waals surface area (Å²) in [7, 11) is -2.00. The first-order valence-electron chi connectivity index (χ1n) is 10.4. The fourth-order valence-electron chi connectivity index (χ4n) is 3.67. The van der Waals surface area contributed by atoms with E-state index in [4.69, 9.17) is 4.98 Å². The van der Waals surface area contributed by atoms with Gasteiger partial charge in [-0.25, -0.2) is 13.4 Å². The van der Waals surface area contributed by atoms with E-state index in [1.807, 2.05) is 30.3 Å². The third-order valence-electron chi connectivity index (χ3n) is 5.54. The van der Waals surface area contributed by atoms with Crippen LogP contribution in [0.3, 0.4) is 0 Å². The molecule has 5 nitrogen and oxygen atoms in total. The lowest BCUT2D eigenvalue weighted by atomic mass is 10.0.